The highest BCUT2D eigenvalue weighted by Gasteiger charge is 2.51. The average molecular weight is 344 g/mol. The normalized spacial score (nSPS) is 20.8. The second-order valence-corrected chi connectivity index (χ2v) is 6.04. The molecule has 0 amide bonds. The van der Waals surface area contributed by atoms with Gasteiger partial charge in [-0.3, -0.25) is 9.59 Å². The van der Waals surface area contributed by atoms with Gasteiger partial charge in [0.15, 0.2) is 17.9 Å². The van der Waals surface area contributed by atoms with E-state index in [9.17, 15) is 9.59 Å². The number of carbonyl (C=O) groups is 2. The minimum Gasteiger partial charge on any atom is -0.467 e. The lowest BCUT2D eigenvalue weighted by Crippen LogP contribution is -2.50. The summed E-state index contributed by atoms with van der Waals surface area (Å²) in [4.78, 5) is 27.1. The molecule has 0 radical (unpaired) electrons. The van der Waals surface area contributed by atoms with Crippen LogP contribution in [0.2, 0.25) is 5.02 Å². The molecular weight excluding hydrogens is 330 g/mol. The number of fused-ring (bicyclic) bond motifs is 5. The van der Waals surface area contributed by atoms with E-state index in [1.807, 2.05) is 29.2 Å². The number of ketones is 1. The molecule has 0 fully saturated rings. The van der Waals surface area contributed by atoms with Crippen molar-refractivity contribution in [2.24, 2.45) is 5.92 Å². The van der Waals surface area contributed by atoms with E-state index in [2.05, 4.69) is 0 Å². The number of benzene rings is 2. The molecule has 2 unspecified atom stereocenters. The number of halogens is 1. The summed E-state index contributed by atoms with van der Waals surface area (Å²) >= 11 is 6.12. The van der Waals surface area contributed by atoms with Crippen molar-refractivity contribution >= 4 is 34.7 Å². The van der Waals surface area contributed by atoms with E-state index in [0.29, 0.717) is 22.0 Å². The third-order valence-electron chi connectivity index (χ3n) is 4.22. The van der Waals surface area contributed by atoms with Crippen molar-refractivity contribution in [1.29, 1.82) is 0 Å². The van der Waals surface area contributed by atoms with Crippen molar-refractivity contribution in [3.05, 3.63) is 53.1 Å². The van der Waals surface area contributed by atoms with Gasteiger partial charge in [-0.25, -0.2) is 0 Å². The Kier molecular flexibility index (Phi) is 3.46. The van der Waals surface area contributed by atoms with Gasteiger partial charge in [-0.15, -0.1) is 0 Å². The number of rotatable bonds is 2. The van der Waals surface area contributed by atoms with Crippen LogP contribution in [0.4, 0.5) is 11.4 Å². The van der Waals surface area contributed by atoms with Crippen molar-refractivity contribution in [3.8, 4) is 5.75 Å². The molecule has 0 aliphatic carbocycles. The molecule has 2 aliphatic rings. The maximum Gasteiger partial charge on any atom is 0.322 e. The standard InChI is InChI=1S/C18H14ClNO4/c1-2-23-18(22)15-16(21)11-8-7-10(19)9-13(11)20-12-5-3-4-6-14(12)24-17(15)20/h3-9,15,17H,2H2,1H3. The molecule has 2 aromatic carbocycles. The van der Waals surface area contributed by atoms with Gasteiger partial charge < -0.3 is 14.4 Å². The Morgan fingerprint density at radius 3 is 2.83 bits per heavy atom. The Bertz CT molecular complexity index is 851. The summed E-state index contributed by atoms with van der Waals surface area (Å²) in [5.74, 6) is -1.30. The number of ether oxygens (including phenoxy) is 2. The third kappa shape index (κ3) is 2.08. The van der Waals surface area contributed by atoms with Crippen molar-refractivity contribution < 1.29 is 19.1 Å². The molecule has 0 saturated carbocycles. The number of hydrogen-bond acceptors (Lipinski definition) is 5. The van der Waals surface area contributed by atoms with Crippen molar-refractivity contribution in [2.75, 3.05) is 11.5 Å². The summed E-state index contributed by atoms with van der Waals surface area (Å²) in [5, 5.41) is 0.513. The molecule has 2 atom stereocenters. The Morgan fingerprint density at radius 2 is 2.04 bits per heavy atom. The first-order valence-electron chi connectivity index (χ1n) is 7.67. The Hall–Kier alpha value is -2.53. The SMILES string of the molecule is CCOC(=O)C1C(=O)c2ccc(Cl)cc2N2c3ccccc3OC12. The first-order valence-corrected chi connectivity index (χ1v) is 8.05. The lowest BCUT2D eigenvalue weighted by atomic mass is 9.89. The lowest BCUT2D eigenvalue weighted by Gasteiger charge is -2.35. The molecule has 4 rings (SSSR count). The van der Waals surface area contributed by atoms with Crippen LogP contribution in [0.1, 0.15) is 17.3 Å². The highest BCUT2D eigenvalue weighted by Crippen LogP contribution is 2.49. The highest BCUT2D eigenvalue weighted by atomic mass is 35.5. The molecule has 0 aromatic heterocycles. The largest absolute Gasteiger partial charge is 0.467 e. The second-order valence-electron chi connectivity index (χ2n) is 5.60. The van der Waals surface area contributed by atoms with Crippen molar-refractivity contribution in [1.82, 2.24) is 0 Å². The predicted molar refractivity (Wildman–Crippen MR) is 88.9 cm³/mol. The van der Waals surface area contributed by atoms with Gasteiger partial charge in [-0.05, 0) is 37.3 Å². The molecule has 6 heteroatoms. The summed E-state index contributed by atoms with van der Waals surface area (Å²) in [6.07, 6.45) is -0.764. The van der Waals surface area contributed by atoms with Crippen LogP contribution in [-0.2, 0) is 9.53 Å². The Morgan fingerprint density at radius 1 is 1.25 bits per heavy atom. The number of anilines is 2. The fourth-order valence-corrected chi connectivity index (χ4v) is 3.39. The smallest absolute Gasteiger partial charge is 0.322 e. The molecule has 0 spiro atoms. The Labute approximate surface area is 143 Å². The molecule has 5 nitrogen and oxygen atoms in total. The number of Topliss-reactive ketones (excluding diaryl/α,β-unsaturated/α-hetero) is 1. The number of nitrogens with zero attached hydrogens (tertiary/aromatic N) is 1. The predicted octanol–water partition coefficient (Wildman–Crippen LogP) is 3.57. The van der Waals surface area contributed by atoms with E-state index < -0.39 is 18.1 Å². The van der Waals surface area contributed by atoms with E-state index in [1.54, 1.807) is 25.1 Å². The number of esters is 1. The van der Waals surface area contributed by atoms with Gasteiger partial charge in [0.2, 0.25) is 0 Å². The molecule has 122 valence electrons. The fraction of sp³-hybridized carbons (Fsp3) is 0.222. The maximum atomic E-state index is 12.9. The van der Waals surface area contributed by atoms with Crippen LogP contribution in [0.15, 0.2) is 42.5 Å². The molecule has 0 N–H and O–H groups in total. The summed E-state index contributed by atoms with van der Waals surface area (Å²) < 4.78 is 11.0. The van der Waals surface area contributed by atoms with Gasteiger partial charge in [0.25, 0.3) is 0 Å². The van der Waals surface area contributed by atoms with Crippen LogP contribution >= 0.6 is 11.6 Å². The topological polar surface area (TPSA) is 55.8 Å². The van der Waals surface area contributed by atoms with Crippen LogP contribution in [0, 0.1) is 5.92 Å². The summed E-state index contributed by atoms with van der Waals surface area (Å²) in [6, 6.07) is 12.4. The van der Waals surface area contributed by atoms with E-state index >= 15 is 0 Å². The van der Waals surface area contributed by atoms with Crippen LogP contribution < -0.4 is 9.64 Å². The Balaban J connectivity index is 1.91. The summed E-state index contributed by atoms with van der Waals surface area (Å²) in [6.45, 7) is 1.91. The summed E-state index contributed by atoms with van der Waals surface area (Å²) in [7, 11) is 0. The van der Waals surface area contributed by atoms with Gasteiger partial charge in [0.1, 0.15) is 5.75 Å². The zero-order chi connectivity index (χ0) is 16.8. The number of para-hydroxylation sites is 2. The maximum absolute atomic E-state index is 12.9. The van der Waals surface area contributed by atoms with E-state index in [-0.39, 0.29) is 12.4 Å². The quantitative estimate of drug-likeness (QED) is 0.616. The van der Waals surface area contributed by atoms with Crippen LogP contribution in [0.25, 0.3) is 0 Å². The van der Waals surface area contributed by atoms with Crippen LogP contribution in [0.3, 0.4) is 0 Å². The van der Waals surface area contributed by atoms with Gasteiger partial charge in [0, 0.05) is 10.6 Å². The molecule has 2 heterocycles. The highest BCUT2D eigenvalue weighted by molar-refractivity contribution is 6.31. The first-order chi connectivity index (χ1) is 11.6. The third-order valence-corrected chi connectivity index (χ3v) is 4.46. The summed E-state index contributed by atoms with van der Waals surface area (Å²) in [5.41, 5.74) is 1.88. The number of hydrogen-bond donors (Lipinski definition) is 0. The molecule has 2 aliphatic heterocycles. The van der Waals surface area contributed by atoms with Crippen LogP contribution in [-0.4, -0.2) is 24.6 Å². The van der Waals surface area contributed by atoms with E-state index in [0.717, 1.165) is 5.69 Å². The molecule has 0 saturated heterocycles. The fourth-order valence-electron chi connectivity index (χ4n) is 3.22. The van der Waals surface area contributed by atoms with Gasteiger partial charge in [0.05, 0.1) is 18.0 Å². The van der Waals surface area contributed by atoms with Crippen molar-refractivity contribution in [2.45, 2.75) is 13.2 Å². The zero-order valence-electron chi connectivity index (χ0n) is 12.9. The van der Waals surface area contributed by atoms with Gasteiger partial charge in [-0.2, -0.15) is 0 Å². The molecule has 24 heavy (non-hydrogen) atoms. The van der Waals surface area contributed by atoms with Gasteiger partial charge in [-0.1, -0.05) is 23.7 Å². The monoisotopic (exact) mass is 343 g/mol. The number of carbonyl (C=O) groups excluding carboxylic acids is 2. The lowest BCUT2D eigenvalue weighted by molar-refractivity contribution is -0.148. The molecule has 2 aromatic rings. The zero-order valence-corrected chi connectivity index (χ0v) is 13.6. The molecule has 0 bridgehead atoms. The minimum absolute atomic E-state index is 0.204. The second kappa shape index (κ2) is 5.53. The van der Waals surface area contributed by atoms with E-state index in [4.69, 9.17) is 21.1 Å². The molecular formula is C18H14ClNO4. The van der Waals surface area contributed by atoms with E-state index in [1.165, 1.54) is 0 Å². The average Bonchev–Trinajstić information content (AvgIpc) is 2.94. The van der Waals surface area contributed by atoms with Crippen LogP contribution in [0.5, 0.6) is 5.75 Å². The van der Waals surface area contributed by atoms with Crippen molar-refractivity contribution in [3.63, 3.8) is 0 Å². The first kappa shape index (κ1) is 15.0. The van der Waals surface area contributed by atoms with Gasteiger partial charge >= 0.3 is 5.97 Å². The minimum atomic E-state index is -1.04.